The Morgan fingerprint density at radius 2 is 1.93 bits per heavy atom. The summed E-state index contributed by atoms with van der Waals surface area (Å²) in [4.78, 5) is 21.7. The van der Waals surface area contributed by atoms with Crippen molar-refractivity contribution in [3.63, 3.8) is 0 Å². The highest BCUT2D eigenvalue weighted by Crippen LogP contribution is 2.25. The maximum absolute atomic E-state index is 13.9. The molecule has 0 aliphatic carbocycles. The van der Waals surface area contributed by atoms with Gasteiger partial charge in [-0.05, 0) is 50.2 Å². The Labute approximate surface area is 175 Å². The fraction of sp³-hybridized carbons (Fsp3) is 0.500. The number of benzene rings is 1. The normalized spacial score (nSPS) is 14.5. The van der Waals surface area contributed by atoms with Crippen LogP contribution in [0.25, 0.3) is 0 Å². The molecule has 0 bridgehead atoms. The Morgan fingerprint density at radius 1 is 1.20 bits per heavy atom. The molecule has 0 unspecified atom stereocenters. The van der Waals surface area contributed by atoms with Crippen LogP contribution in [0.15, 0.2) is 30.6 Å². The number of aliphatic carboxylic acids is 1. The lowest BCUT2D eigenvalue weighted by Crippen LogP contribution is -2.34. The number of nitrogens with zero attached hydrogens (tertiary/aromatic N) is 3. The Hall–Kier alpha value is -2.90. The Balaban J connectivity index is 1.36. The lowest BCUT2D eigenvalue weighted by atomic mass is 9.92. The van der Waals surface area contributed by atoms with Crippen molar-refractivity contribution in [1.29, 1.82) is 0 Å². The highest BCUT2D eigenvalue weighted by molar-refractivity contribution is 5.70. The van der Waals surface area contributed by atoms with Gasteiger partial charge in [0.25, 0.3) is 0 Å². The van der Waals surface area contributed by atoms with Gasteiger partial charge in [-0.25, -0.2) is 14.4 Å². The summed E-state index contributed by atoms with van der Waals surface area (Å²) in [6.45, 7) is 4.90. The fourth-order valence-corrected chi connectivity index (χ4v) is 3.62. The molecule has 1 fully saturated rings. The van der Waals surface area contributed by atoms with Crippen molar-refractivity contribution >= 4 is 11.9 Å². The summed E-state index contributed by atoms with van der Waals surface area (Å²) < 4.78 is 24.9. The van der Waals surface area contributed by atoms with E-state index >= 15 is 0 Å². The first-order valence-electron chi connectivity index (χ1n) is 10.4. The second-order valence-corrected chi connectivity index (χ2v) is 7.40. The van der Waals surface area contributed by atoms with E-state index in [2.05, 4.69) is 14.9 Å². The minimum atomic E-state index is -1.05. The smallest absolute Gasteiger partial charge is 0.307 e. The molecule has 1 N–H and O–H groups in total. The SMILES string of the molecule is CCOc1cnc(N2CCC(CCCOc3ccc(CC(=O)O)c(F)c3)CC2)nc1. The minimum absolute atomic E-state index is 0.165. The molecule has 0 radical (unpaired) electrons. The molecule has 1 aliphatic rings. The van der Waals surface area contributed by atoms with Gasteiger partial charge in [-0.15, -0.1) is 0 Å². The maximum atomic E-state index is 13.9. The molecule has 1 aromatic carbocycles. The third kappa shape index (κ3) is 6.30. The summed E-state index contributed by atoms with van der Waals surface area (Å²) in [5, 5.41) is 8.76. The van der Waals surface area contributed by atoms with Crippen molar-refractivity contribution < 1.29 is 23.8 Å². The average Bonchev–Trinajstić information content (AvgIpc) is 2.74. The van der Waals surface area contributed by atoms with Gasteiger partial charge >= 0.3 is 5.97 Å². The quantitative estimate of drug-likeness (QED) is 0.590. The van der Waals surface area contributed by atoms with Gasteiger partial charge in [-0.3, -0.25) is 4.79 Å². The molecular weight excluding hydrogens is 389 g/mol. The number of anilines is 1. The van der Waals surface area contributed by atoms with Gasteiger partial charge in [0.15, 0.2) is 5.75 Å². The van der Waals surface area contributed by atoms with Gasteiger partial charge < -0.3 is 19.5 Å². The fourth-order valence-electron chi connectivity index (χ4n) is 3.62. The summed E-state index contributed by atoms with van der Waals surface area (Å²) in [6.07, 6.45) is 7.20. The van der Waals surface area contributed by atoms with Crippen molar-refractivity contribution in [3.8, 4) is 11.5 Å². The second-order valence-electron chi connectivity index (χ2n) is 7.40. The third-order valence-corrected chi connectivity index (χ3v) is 5.21. The lowest BCUT2D eigenvalue weighted by Gasteiger charge is -2.32. The van der Waals surface area contributed by atoms with Gasteiger partial charge in [0.2, 0.25) is 5.95 Å². The van der Waals surface area contributed by atoms with E-state index in [-0.39, 0.29) is 12.0 Å². The number of carbonyl (C=O) groups is 1. The molecule has 3 rings (SSSR count). The summed E-state index contributed by atoms with van der Waals surface area (Å²) in [5.74, 6) is 0.897. The number of hydrogen-bond acceptors (Lipinski definition) is 6. The van der Waals surface area contributed by atoms with Gasteiger partial charge in [0.05, 0.1) is 32.0 Å². The molecule has 1 saturated heterocycles. The van der Waals surface area contributed by atoms with Crippen LogP contribution in [0.4, 0.5) is 10.3 Å². The van der Waals surface area contributed by atoms with E-state index in [0.717, 1.165) is 44.7 Å². The molecule has 30 heavy (non-hydrogen) atoms. The van der Waals surface area contributed by atoms with E-state index in [9.17, 15) is 9.18 Å². The van der Waals surface area contributed by atoms with Crippen molar-refractivity contribution in [2.75, 3.05) is 31.2 Å². The predicted octanol–water partition coefficient (Wildman–Crippen LogP) is 3.72. The number of carboxylic acid groups (broad SMARTS) is 1. The largest absolute Gasteiger partial charge is 0.493 e. The first kappa shape index (κ1) is 21.8. The zero-order chi connectivity index (χ0) is 21.3. The second kappa shape index (κ2) is 10.8. The first-order valence-corrected chi connectivity index (χ1v) is 10.4. The highest BCUT2D eigenvalue weighted by Gasteiger charge is 2.20. The molecule has 1 aromatic heterocycles. The topological polar surface area (TPSA) is 84.8 Å². The molecule has 1 aliphatic heterocycles. The lowest BCUT2D eigenvalue weighted by molar-refractivity contribution is -0.136. The van der Waals surface area contributed by atoms with Crippen LogP contribution in [0.5, 0.6) is 11.5 Å². The Morgan fingerprint density at radius 3 is 2.57 bits per heavy atom. The van der Waals surface area contributed by atoms with E-state index in [1.165, 1.54) is 12.1 Å². The Kier molecular flexibility index (Phi) is 7.82. The first-order chi connectivity index (χ1) is 14.5. The van der Waals surface area contributed by atoms with Crippen LogP contribution in [0, 0.1) is 11.7 Å². The van der Waals surface area contributed by atoms with E-state index in [1.807, 2.05) is 6.92 Å². The average molecular weight is 417 g/mol. The zero-order valence-corrected chi connectivity index (χ0v) is 17.2. The van der Waals surface area contributed by atoms with Crippen molar-refractivity contribution in [2.45, 2.75) is 39.0 Å². The molecule has 2 aromatic rings. The number of halogens is 1. The van der Waals surface area contributed by atoms with Crippen LogP contribution in [0.3, 0.4) is 0 Å². The third-order valence-electron chi connectivity index (χ3n) is 5.21. The van der Waals surface area contributed by atoms with E-state index in [4.69, 9.17) is 14.6 Å². The van der Waals surface area contributed by atoms with Crippen LogP contribution >= 0.6 is 0 Å². The number of carboxylic acids is 1. The predicted molar refractivity (Wildman–Crippen MR) is 111 cm³/mol. The van der Waals surface area contributed by atoms with Gasteiger partial charge in [0.1, 0.15) is 11.6 Å². The number of piperidine rings is 1. The zero-order valence-electron chi connectivity index (χ0n) is 17.2. The molecule has 0 amide bonds. The van der Waals surface area contributed by atoms with E-state index in [0.29, 0.717) is 30.6 Å². The van der Waals surface area contributed by atoms with E-state index < -0.39 is 11.8 Å². The monoisotopic (exact) mass is 417 g/mol. The van der Waals surface area contributed by atoms with Crippen LogP contribution in [-0.2, 0) is 11.2 Å². The standard InChI is InChI=1S/C22H28FN3O4/c1-2-29-19-14-24-22(25-15-19)26-9-7-16(8-10-26)4-3-11-30-18-6-5-17(12-21(27)28)20(23)13-18/h5-6,13-16H,2-4,7-12H2,1H3,(H,27,28). The molecule has 0 saturated carbocycles. The minimum Gasteiger partial charge on any atom is -0.493 e. The highest BCUT2D eigenvalue weighted by atomic mass is 19.1. The summed E-state index contributed by atoms with van der Waals surface area (Å²) in [5.41, 5.74) is 0.165. The summed E-state index contributed by atoms with van der Waals surface area (Å²) in [7, 11) is 0. The summed E-state index contributed by atoms with van der Waals surface area (Å²) in [6, 6.07) is 4.35. The van der Waals surface area contributed by atoms with Crippen LogP contribution in [0.2, 0.25) is 0 Å². The molecule has 0 atom stereocenters. The van der Waals surface area contributed by atoms with E-state index in [1.54, 1.807) is 18.5 Å². The molecule has 2 heterocycles. The van der Waals surface area contributed by atoms with Crippen molar-refractivity contribution in [1.82, 2.24) is 9.97 Å². The summed E-state index contributed by atoms with van der Waals surface area (Å²) >= 11 is 0. The van der Waals surface area contributed by atoms with Gasteiger partial charge in [-0.2, -0.15) is 0 Å². The maximum Gasteiger partial charge on any atom is 0.307 e. The van der Waals surface area contributed by atoms with Crippen molar-refractivity contribution in [3.05, 3.63) is 42.0 Å². The number of rotatable bonds is 10. The number of aromatic nitrogens is 2. The van der Waals surface area contributed by atoms with Gasteiger partial charge in [0, 0.05) is 19.2 Å². The molecule has 7 nitrogen and oxygen atoms in total. The van der Waals surface area contributed by atoms with Gasteiger partial charge in [-0.1, -0.05) is 6.07 Å². The number of ether oxygens (including phenoxy) is 2. The molecule has 162 valence electrons. The molecular formula is C22H28FN3O4. The van der Waals surface area contributed by atoms with Crippen LogP contribution < -0.4 is 14.4 Å². The van der Waals surface area contributed by atoms with Crippen LogP contribution in [-0.4, -0.2) is 47.3 Å². The number of hydrogen-bond donors (Lipinski definition) is 1. The molecule has 8 heteroatoms. The Bertz CT molecular complexity index is 824. The van der Waals surface area contributed by atoms with Crippen molar-refractivity contribution in [2.24, 2.45) is 5.92 Å². The molecule has 0 spiro atoms. The van der Waals surface area contributed by atoms with Crippen LogP contribution in [0.1, 0.15) is 38.2 Å².